The number of alkyl halides is 1. The maximum atomic E-state index is 12.1. The first-order chi connectivity index (χ1) is 7.72. The first-order valence-electron chi connectivity index (χ1n) is 5.23. The Hall–Kier alpha value is -1.00. The van der Waals surface area contributed by atoms with Crippen LogP contribution in [-0.4, -0.2) is 42.5 Å². The van der Waals surface area contributed by atoms with Crippen LogP contribution in [0.4, 0.5) is 0 Å². The first-order valence-corrected chi connectivity index (χ1v) is 5.77. The minimum absolute atomic E-state index is 0.0617. The molecule has 0 spiro atoms. The molecule has 2 heterocycles. The molecule has 1 aromatic rings. The van der Waals surface area contributed by atoms with Crippen LogP contribution in [0.15, 0.2) is 16.5 Å². The number of nitrogens with zero attached hydrogens (tertiary/aromatic N) is 1. The van der Waals surface area contributed by atoms with E-state index < -0.39 is 0 Å². The van der Waals surface area contributed by atoms with E-state index in [4.69, 9.17) is 20.8 Å². The van der Waals surface area contributed by atoms with E-state index in [2.05, 4.69) is 0 Å². The number of halogens is 1. The van der Waals surface area contributed by atoms with Crippen LogP contribution in [0.1, 0.15) is 16.3 Å². The van der Waals surface area contributed by atoms with Gasteiger partial charge in [-0.2, -0.15) is 0 Å². The molecule has 0 aromatic carbocycles. The van der Waals surface area contributed by atoms with E-state index in [0.29, 0.717) is 31.4 Å². The van der Waals surface area contributed by atoms with Crippen molar-refractivity contribution in [1.82, 2.24) is 4.90 Å². The molecule has 1 aromatic heterocycles. The average Bonchev–Trinajstić information content (AvgIpc) is 2.75. The van der Waals surface area contributed by atoms with E-state index in [-0.39, 0.29) is 11.9 Å². The van der Waals surface area contributed by atoms with Gasteiger partial charge in [0.05, 0.1) is 19.3 Å². The predicted molar refractivity (Wildman–Crippen MR) is 59.8 cm³/mol. The summed E-state index contributed by atoms with van der Waals surface area (Å²) in [4.78, 5) is 13.8. The highest BCUT2D eigenvalue weighted by molar-refractivity contribution is 6.18. The molecule has 2 rings (SSSR count). The average molecular weight is 244 g/mol. The predicted octanol–water partition coefficient (Wildman–Crippen LogP) is 1.67. The molecule has 5 heteroatoms. The summed E-state index contributed by atoms with van der Waals surface area (Å²) >= 11 is 5.81. The fourth-order valence-corrected chi connectivity index (χ4v) is 2.00. The van der Waals surface area contributed by atoms with Gasteiger partial charge in [-0.1, -0.05) is 0 Å². The second kappa shape index (κ2) is 4.89. The quantitative estimate of drug-likeness (QED) is 0.742. The summed E-state index contributed by atoms with van der Waals surface area (Å²) in [6, 6.07) is 3.41. The van der Waals surface area contributed by atoms with Crippen molar-refractivity contribution in [1.29, 1.82) is 0 Å². The Kier molecular flexibility index (Phi) is 3.51. The van der Waals surface area contributed by atoms with Gasteiger partial charge in [0.15, 0.2) is 5.76 Å². The van der Waals surface area contributed by atoms with Crippen molar-refractivity contribution >= 4 is 17.5 Å². The zero-order chi connectivity index (χ0) is 11.5. The van der Waals surface area contributed by atoms with Crippen molar-refractivity contribution < 1.29 is 13.9 Å². The van der Waals surface area contributed by atoms with Crippen LogP contribution in [0, 0.1) is 6.92 Å². The smallest absolute Gasteiger partial charge is 0.290 e. The lowest BCUT2D eigenvalue weighted by atomic mass is 10.2. The van der Waals surface area contributed by atoms with Gasteiger partial charge in [0.1, 0.15) is 5.76 Å². The van der Waals surface area contributed by atoms with Gasteiger partial charge in [-0.05, 0) is 19.1 Å². The summed E-state index contributed by atoms with van der Waals surface area (Å²) in [6.45, 7) is 3.43. The zero-order valence-electron chi connectivity index (χ0n) is 9.11. The largest absolute Gasteiger partial charge is 0.456 e. The number of ether oxygens (including phenoxy) is 1. The summed E-state index contributed by atoms with van der Waals surface area (Å²) in [5.74, 6) is 1.38. The standard InChI is InChI=1S/C11H14ClNO3/c1-8-2-3-10(16-8)11(14)13-4-5-15-7-9(13)6-12/h2-3,9H,4-7H2,1H3. The molecule has 1 fully saturated rings. The molecule has 1 atom stereocenters. The van der Waals surface area contributed by atoms with E-state index in [1.54, 1.807) is 17.0 Å². The van der Waals surface area contributed by atoms with Crippen LogP contribution in [0.2, 0.25) is 0 Å². The second-order valence-electron chi connectivity index (χ2n) is 3.79. The molecule has 88 valence electrons. The molecule has 0 aliphatic carbocycles. The van der Waals surface area contributed by atoms with Crippen molar-refractivity contribution in [2.24, 2.45) is 0 Å². The third-order valence-electron chi connectivity index (χ3n) is 2.62. The Labute approximate surface area is 99.1 Å². The molecule has 1 amide bonds. The van der Waals surface area contributed by atoms with Gasteiger partial charge in [0.25, 0.3) is 5.91 Å². The van der Waals surface area contributed by atoms with Crippen molar-refractivity contribution in [3.8, 4) is 0 Å². The number of hydrogen-bond acceptors (Lipinski definition) is 3. The van der Waals surface area contributed by atoms with E-state index >= 15 is 0 Å². The molecule has 0 bridgehead atoms. The van der Waals surface area contributed by atoms with Crippen molar-refractivity contribution in [2.45, 2.75) is 13.0 Å². The molecule has 0 N–H and O–H groups in total. The number of carbonyl (C=O) groups excluding carboxylic acids is 1. The molecule has 16 heavy (non-hydrogen) atoms. The molecule has 4 nitrogen and oxygen atoms in total. The van der Waals surface area contributed by atoms with Gasteiger partial charge in [0.2, 0.25) is 0 Å². The van der Waals surface area contributed by atoms with Gasteiger partial charge in [-0.25, -0.2) is 0 Å². The second-order valence-corrected chi connectivity index (χ2v) is 4.10. The molecule has 1 saturated heterocycles. The molecule has 0 saturated carbocycles. The summed E-state index contributed by atoms with van der Waals surface area (Å²) in [6.07, 6.45) is 0. The number of aryl methyl sites for hydroxylation is 1. The lowest BCUT2D eigenvalue weighted by Gasteiger charge is -2.33. The summed E-state index contributed by atoms with van der Waals surface area (Å²) in [5.41, 5.74) is 0. The number of furan rings is 1. The Bertz CT molecular complexity index is 377. The lowest BCUT2D eigenvalue weighted by Crippen LogP contribution is -2.49. The van der Waals surface area contributed by atoms with Crippen molar-refractivity contribution in [3.63, 3.8) is 0 Å². The van der Waals surface area contributed by atoms with Gasteiger partial charge in [-0.15, -0.1) is 11.6 Å². The lowest BCUT2D eigenvalue weighted by molar-refractivity contribution is 0.00287. The molecular weight excluding hydrogens is 230 g/mol. The van der Waals surface area contributed by atoms with Crippen LogP contribution < -0.4 is 0 Å². The summed E-state index contributed by atoms with van der Waals surface area (Å²) in [5, 5.41) is 0. The van der Waals surface area contributed by atoms with E-state index in [1.165, 1.54) is 0 Å². The Balaban J connectivity index is 2.13. The van der Waals surface area contributed by atoms with Crippen LogP contribution in [0.25, 0.3) is 0 Å². The number of amides is 1. The highest BCUT2D eigenvalue weighted by atomic mass is 35.5. The minimum Gasteiger partial charge on any atom is -0.456 e. The van der Waals surface area contributed by atoms with Crippen LogP contribution in [0.3, 0.4) is 0 Å². The summed E-state index contributed by atoms with van der Waals surface area (Å²) in [7, 11) is 0. The number of hydrogen-bond donors (Lipinski definition) is 0. The Morgan fingerprint density at radius 3 is 3.06 bits per heavy atom. The van der Waals surface area contributed by atoms with E-state index in [9.17, 15) is 4.79 Å². The van der Waals surface area contributed by atoms with Crippen molar-refractivity contribution in [2.75, 3.05) is 25.6 Å². The van der Waals surface area contributed by atoms with Gasteiger partial charge in [0, 0.05) is 12.4 Å². The molecule has 1 aliphatic rings. The monoisotopic (exact) mass is 243 g/mol. The topological polar surface area (TPSA) is 42.7 Å². The van der Waals surface area contributed by atoms with Gasteiger partial charge in [-0.3, -0.25) is 4.79 Å². The highest BCUT2D eigenvalue weighted by Crippen LogP contribution is 2.15. The summed E-state index contributed by atoms with van der Waals surface area (Å²) < 4.78 is 10.6. The highest BCUT2D eigenvalue weighted by Gasteiger charge is 2.28. The Morgan fingerprint density at radius 2 is 2.44 bits per heavy atom. The zero-order valence-corrected chi connectivity index (χ0v) is 9.87. The molecular formula is C11H14ClNO3. The number of carbonyl (C=O) groups is 1. The maximum absolute atomic E-state index is 12.1. The van der Waals surface area contributed by atoms with Crippen molar-refractivity contribution in [3.05, 3.63) is 23.7 Å². The number of rotatable bonds is 2. The molecule has 1 aliphatic heterocycles. The van der Waals surface area contributed by atoms with Gasteiger partial charge >= 0.3 is 0 Å². The van der Waals surface area contributed by atoms with Crippen LogP contribution in [0.5, 0.6) is 0 Å². The normalized spacial score (nSPS) is 21.1. The third-order valence-corrected chi connectivity index (χ3v) is 2.97. The SMILES string of the molecule is Cc1ccc(C(=O)N2CCOCC2CCl)o1. The molecule has 0 radical (unpaired) electrons. The van der Waals surface area contributed by atoms with Gasteiger partial charge < -0.3 is 14.1 Å². The Morgan fingerprint density at radius 1 is 1.62 bits per heavy atom. The van der Waals surface area contributed by atoms with E-state index in [0.717, 1.165) is 5.76 Å². The van der Waals surface area contributed by atoms with Crippen LogP contribution >= 0.6 is 11.6 Å². The molecule has 1 unspecified atom stereocenters. The fraction of sp³-hybridized carbons (Fsp3) is 0.545. The third kappa shape index (κ3) is 2.23. The number of morpholine rings is 1. The van der Waals surface area contributed by atoms with E-state index in [1.807, 2.05) is 6.92 Å². The minimum atomic E-state index is -0.109. The first kappa shape index (κ1) is 11.5. The van der Waals surface area contributed by atoms with Crippen LogP contribution in [-0.2, 0) is 4.74 Å². The fourth-order valence-electron chi connectivity index (χ4n) is 1.74. The maximum Gasteiger partial charge on any atom is 0.290 e.